The van der Waals surface area contributed by atoms with Gasteiger partial charge in [0.05, 0.1) is 25.4 Å². The van der Waals surface area contributed by atoms with Gasteiger partial charge in [-0.2, -0.15) is 5.10 Å². The van der Waals surface area contributed by atoms with Crippen LogP contribution in [-0.4, -0.2) is 65.9 Å². The van der Waals surface area contributed by atoms with Crippen molar-refractivity contribution in [2.75, 3.05) is 33.3 Å². The zero-order valence-electron chi connectivity index (χ0n) is 15.1. The maximum absolute atomic E-state index is 12.8. The van der Waals surface area contributed by atoms with Gasteiger partial charge in [-0.1, -0.05) is 0 Å². The number of amides is 1. The first-order valence-electron chi connectivity index (χ1n) is 8.87. The number of hydrogen-bond acceptors (Lipinski definition) is 7. The fraction of sp³-hybridized carbons (Fsp3) is 0.647. The van der Waals surface area contributed by atoms with Crippen LogP contribution in [-0.2, 0) is 21.4 Å². The molecule has 3 rings (SSSR count). The topological polar surface area (TPSA) is 106 Å². The molecule has 2 aliphatic heterocycles. The molecule has 2 aliphatic rings. The van der Waals surface area contributed by atoms with Crippen molar-refractivity contribution in [2.45, 2.75) is 24.9 Å². The quantitative estimate of drug-likeness (QED) is 0.647. The molecule has 1 aromatic heterocycles. The second-order valence-corrected chi connectivity index (χ2v) is 6.72. The van der Waals surface area contributed by atoms with Gasteiger partial charge in [0.25, 0.3) is 5.56 Å². The van der Waals surface area contributed by atoms with E-state index >= 15 is 0 Å². The lowest BCUT2D eigenvalue weighted by molar-refractivity contribution is -0.158. The number of methoxy groups -OCH3 is 1. The summed E-state index contributed by atoms with van der Waals surface area (Å²) in [7, 11) is 2.91. The zero-order chi connectivity index (χ0) is 18.7. The summed E-state index contributed by atoms with van der Waals surface area (Å²) in [5.74, 6) is -0.462. The highest BCUT2D eigenvalue weighted by Crippen LogP contribution is 2.35. The SMILES string of the molecule is COC(=O)C1CNCC(=O)N1C(c1ccc(=O)n(C)n1)C1CCNCC1. The maximum Gasteiger partial charge on any atom is 0.329 e. The number of piperazine rings is 1. The number of nitrogens with zero attached hydrogens (tertiary/aromatic N) is 3. The van der Waals surface area contributed by atoms with Gasteiger partial charge in [0.15, 0.2) is 0 Å². The summed E-state index contributed by atoms with van der Waals surface area (Å²) in [5, 5.41) is 10.7. The molecule has 9 nitrogen and oxygen atoms in total. The van der Waals surface area contributed by atoms with Crippen LogP contribution in [0.15, 0.2) is 16.9 Å². The Labute approximate surface area is 151 Å². The van der Waals surface area contributed by atoms with Gasteiger partial charge in [0, 0.05) is 19.7 Å². The number of carbonyl (C=O) groups is 2. The second-order valence-electron chi connectivity index (χ2n) is 6.72. The van der Waals surface area contributed by atoms with Crippen LogP contribution in [0.2, 0.25) is 0 Å². The van der Waals surface area contributed by atoms with E-state index in [1.54, 1.807) is 18.0 Å². The van der Waals surface area contributed by atoms with E-state index in [1.807, 2.05) is 0 Å². The van der Waals surface area contributed by atoms with E-state index in [1.165, 1.54) is 17.9 Å². The van der Waals surface area contributed by atoms with E-state index in [0.29, 0.717) is 12.2 Å². The summed E-state index contributed by atoms with van der Waals surface area (Å²) >= 11 is 0. The molecular formula is C17H25N5O4. The summed E-state index contributed by atoms with van der Waals surface area (Å²) in [6.07, 6.45) is 1.72. The van der Waals surface area contributed by atoms with Crippen molar-refractivity contribution in [2.24, 2.45) is 13.0 Å². The number of rotatable bonds is 4. The minimum Gasteiger partial charge on any atom is -0.467 e. The molecule has 0 spiro atoms. The van der Waals surface area contributed by atoms with Crippen LogP contribution in [0, 0.1) is 5.92 Å². The van der Waals surface area contributed by atoms with Crippen molar-refractivity contribution in [3.8, 4) is 0 Å². The van der Waals surface area contributed by atoms with E-state index in [0.717, 1.165) is 25.9 Å². The Morgan fingerprint density at radius 1 is 1.27 bits per heavy atom. The van der Waals surface area contributed by atoms with E-state index in [2.05, 4.69) is 15.7 Å². The van der Waals surface area contributed by atoms with Crippen LogP contribution in [0.25, 0.3) is 0 Å². The number of aryl methyl sites for hydroxylation is 1. The standard InChI is InChI=1S/C17H25N5O4/c1-21-14(23)4-3-12(20-21)16(11-5-7-18-8-6-11)22-13(17(25)26-2)9-19-10-15(22)24/h3-4,11,13,16,18-19H,5-10H2,1-2H3. The molecule has 3 heterocycles. The molecule has 142 valence electrons. The van der Waals surface area contributed by atoms with E-state index in [9.17, 15) is 14.4 Å². The fourth-order valence-corrected chi connectivity index (χ4v) is 3.81. The predicted octanol–water partition coefficient (Wildman–Crippen LogP) is -1.21. The second kappa shape index (κ2) is 7.96. The molecule has 26 heavy (non-hydrogen) atoms. The number of aromatic nitrogens is 2. The summed E-state index contributed by atoms with van der Waals surface area (Å²) in [6, 6.07) is 2.04. The lowest BCUT2D eigenvalue weighted by atomic mass is 9.85. The Hall–Kier alpha value is -2.26. The highest BCUT2D eigenvalue weighted by atomic mass is 16.5. The predicted molar refractivity (Wildman–Crippen MR) is 93.3 cm³/mol. The number of carbonyl (C=O) groups excluding carboxylic acids is 2. The van der Waals surface area contributed by atoms with Crippen molar-refractivity contribution in [3.05, 3.63) is 28.2 Å². The molecule has 0 aromatic carbocycles. The molecular weight excluding hydrogens is 338 g/mol. The summed E-state index contributed by atoms with van der Waals surface area (Å²) in [4.78, 5) is 38.5. The third-order valence-electron chi connectivity index (χ3n) is 5.13. The monoisotopic (exact) mass is 363 g/mol. The summed E-state index contributed by atoms with van der Waals surface area (Å²) < 4.78 is 6.19. The van der Waals surface area contributed by atoms with Gasteiger partial charge in [0.1, 0.15) is 6.04 Å². The van der Waals surface area contributed by atoms with Crippen molar-refractivity contribution in [1.29, 1.82) is 0 Å². The van der Waals surface area contributed by atoms with Crippen LogP contribution in [0.3, 0.4) is 0 Å². The van der Waals surface area contributed by atoms with Gasteiger partial charge >= 0.3 is 5.97 Å². The van der Waals surface area contributed by atoms with Crippen LogP contribution >= 0.6 is 0 Å². The Kier molecular flexibility index (Phi) is 5.67. The molecule has 2 fully saturated rings. The van der Waals surface area contributed by atoms with Crippen molar-refractivity contribution < 1.29 is 14.3 Å². The number of esters is 1. The fourth-order valence-electron chi connectivity index (χ4n) is 3.81. The Balaban J connectivity index is 2.04. The van der Waals surface area contributed by atoms with E-state index in [-0.39, 0.29) is 30.0 Å². The smallest absolute Gasteiger partial charge is 0.329 e. The highest BCUT2D eigenvalue weighted by molar-refractivity contribution is 5.87. The Morgan fingerprint density at radius 2 is 2.00 bits per heavy atom. The first-order valence-corrected chi connectivity index (χ1v) is 8.87. The van der Waals surface area contributed by atoms with Crippen LogP contribution in [0.5, 0.6) is 0 Å². The molecule has 1 amide bonds. The molecule has 0 bridgehead atoms. The minimum atomic E-state index is -0.708. The minimum absolute atomic E-state index is 0.149. The van der Waals surface area contributed by atoms with Crippen molar-refractivity contribution in [3.63, 3.8) is 0 Å². The molecule has 0 aliphatic carbocycles. The molecule has 1 aromatic rings. The number of hydrogen-bond donors (Lipinski definition) is 2. The van der Waals surface area contributed by atoms with Gasteiger partial charge in [-0.3, -0.25) is 9.59 Å². The zero-order valence-corrected chi connectivity index (χ0v) is 15.1. The number of nitrogens with one attached hydrogen (secondary N) is 2. The molecule has 2 atom stereocenters. The first kappa shape index (κ1) is 18.5. The third kappa shape index (κ3) is 3.63. The summed E-state index contributed by atoms with van der Waals surface area (Å²) in [5.41, 5.74) is 0.414. The number of ether oxygens (including phenoxy) is 1. The number of piperidine rings is 1. The lowest BCUT2D eigenvalue weighted by Crippen LogP contribution is -2.60. The van der Waals surface area contributed by atoms with Crippen molar-refractivity contribution >= 4 is 11.9 Å². The van der Waals surface area contributed by atoms with Gasteiger partial charge < -0.3 is 20.3 Å². The van der Waals surface area contributed by atoms with Gasteiger partial charge in [-0.25, -0.2) is 9.48 Å². The molecule has 2 N–H and O–H groups in total. The maximum atomic E-state index is 12.8. The van der Waals surface area contributed by atoms with Gasteiger partial charge in [-0.15, -0.1) is 0 Å². The molecule has 9 heteroatoms. The molecule has 0 radical (unpaired) electrons. The van der Waals surface area contributed by atoms with Crippen LogP contribution < -0.4 is 16.2 Å². The molecule has 0 saturated carbocycles. The van der Waals surface area contributed by atoms with Crippen LogP contribution in [0.1, 0.15) is 24.6 Å². The first-order chi connectivity index (χ1) is 12.5. The Bertz CT molecular complexity index is 728. The normalized spacial score (nSPS) is 22.9. The highest BCUT2D eigenvalue weighted by Gasteiger charge is 2.43. The van der Waals surface area contributed by atoms with Crippen molar-refractivity contribution in [1.82, 2.24) is 25.3 Å². The lowest BCUT2D eigenvalue weighted by Gasteiger charge is -2.43. The average molecular weight is 363 g/mol. The van der Waals surface area contributed by atoms with Gasteiger partial charge in [0.2, 0.25) is 5.91 Å². The summed E-state index contributed by atoms with van der Waals surface area (Å²) in [6.45, 7) is 2.19. The van der Waals surface area contributed by atoms with Crippen LogP contribution in [0.4, 0.5) is 0 Å². The van der Waals surface area contributed by atoms with E-state index < -0.39 is 12.0 Å². The molecule has 2 saturated heterocycles. The largest absolute Gasteiger partial charge is 0.467 e. The van der Waals surface area contributed by atoms with Gasteiger partial charge in [-0.05, 0) is 37.9 Å². The Morgan fingerprint density at radius 3 is 2.65 bits per heavy atom. The van der Waals surface area contributed by atoms with E-state index in [4.69, 9.17) is 4.74 Å². The molecule has 2 unspecified atom stereocenters. The third-order valence-corrected chi connectivity index (χ3v) is 5.13. The average Bonchev–Trinajstić information content (AvgIpc) is 2.66.